The summed E-state index contributed by atoms with van der Waals surface area (Å²) in [6, 6.07) is 4.90. The molecule has 9 heteroatoms. The monoisotopic (exact) mass is 398 g/mol. The molecule has 0 unspecified atom stereocenters. The van der Waals surface area contributed by atoms with Gasteiger partial charge in [-0.2, -0.15) is 4.98 Å². The van der Waals surface area contributed by atoms with Gasteiger partial charge < -0.3 is 14.8 Å². The predicted octanol–water partition coefficient (Wildman–Crippen LogP) is 2.65. The van der Waals surface area contributed by atoms with Crippen LogP contribution in [-0.2, 0) is 0 Å². The Morgan fingerprint density at radius 2 is 2.05 bits per heavy atom. The summed E-state index contributed by atoms with van der Waals surface area (Å²) in [6.07, 6.45) is -4.81. The largest absolute Gasteiger partial charge is 0.573 e. The smallest absolute Gasteiger partial charge is 0.492 e. The maximum atomic E-state index is 12.1. The van der Waals surface area contributed by atoms with Gasteiger partial charge in [0.25, 0.3) is 5.56 Å². The van der Waals surface area contributed by atoms with E-state index in [1.807, 2.05) is 0 Å². The molecule has 2 aromatic rings. The average Bonchev–Trinajstić information content (AvgIpc) is 2.33. The van der Waals surface area contributed by atoms with E-state index in [4.69, 9.17) is 0 Å². The normalized spacial score (nSPS) is 11.4. The molecule has 0 fully saturated rings. The van der Waals surface area contributed by atoms with E-state index in [0.29, 0.717) is 0 Å². The zero-order valence-electron chi connectivity index (χ0n) is 9.53. The Labute approximate surface area is 123 Å². The number of nitrogens with zero attached hydrogens (tertiary/aromatic N) is 1. The number of rotatable bonds is 2. The number of nitrogens with one attached hydrogen (secondary N) is 1. The van der Waals surface area contributed by atoms with E-state index in [1.165, 1.54) is 12.1 Å². The molecule has 1 heterocycles. The zero-order valence-corrected chi connectivity index (χ0v) is 11.7. The molecular weight excluding hydrogens is 392 g/mol. The number of ether oxygens (including phenoxy) is 1. The molecular formula is C11H6F3IN2O3. The first kappa shape index (κ1) is 14.6. The Kier molecular flexibility index (Phi) is 3.88. The fourth-order valence-electron chi connectivity index (χ4n) is 1.42. The van der Waals surface area contributed by atoms with E-state index in [1.54, 1.807) is 22.6 Å². The Morgan fingerprint density at radius 3 is 2.65 bits per heavy atom. The maximum Gasteiger partial charge on any atom is 0.573 e. The molecule has 0 atom stereocenters. The second-order valence-corrected chi connectivity index (χ2v) is 4.71. The predicted molar refractivity (Wildman–Crippen MR) is 71.4 cm³/mol. The Morgan fingerprint density at radius 1 is 1.35 bits per heavy atom. The minimum atomic E-state index is -4.81. The molecule has 0 saturated heterocycles. The quantitative estimate of drug-likeness (QED) is 0.764. The number of H-pyrrole nitrogens is 1. The van der Waals surface area contributed by atoms with Crippen molar-refractivity contribution < 1.29 is 23.0 Å². The fraction of sp³-hybridized carbons (Fsp3) is 0.0909. The number of aromatic hydroxyl groups is 1. The summed E-state index contributed by atoms with van der Waals surface area (Å²) in [5.74, 6) is -0.997. The molecule has 1 aromatic heterocycles. The van der Waals surface area contributed by atoms with Gasteiger partial charge in [0, 0.05) is 5.56 Å². The summed E-state index contributed by atoms with van der Waals surface area (Å²) >= 11 is 1.60. The van der Waals surface area contributed by atoms with Crippen LogP contribution >= 0.6 is 22.6 Å². The Bertz CT molecular complexity index is 700. The van der Waals surface area contributed by atoms with Gasteiger partial charge in [0.15, 0.2) is 0 Å². The van der Waals surface area contributed by atoms with Crippen LogP contribution in [0.2, 0.25) is 0 Å². The number of benzene rings is 1. The molecule has 1 aromatic carbocycles. The first-order valence-corrected chi connectivity index (χ1v) is 6.19. The Balaban J connectivity index is 2.44. The van der Waals surface area contributed by atoms with Crippen LogP contribution in [0.3, 0.4) is 0 Å². The summed E-state index contributed by atoms with van der Waals surface area (Å²) in [7, 11) is 0. The number of hydrogen-bond acceptors (Lipinski definition) is 4. The van der Waals surface area contributed by atoms with Crippen LogP contribution in [0.1, 0.15) is 0 Å². The third-order valence-electron chi connectivity index (χ3n) is 2.19. The van der Waals surface area contributed by atoms with E-state index in [9.17, 15) is 23.1 Å². The van der Waals surface area contributed by atoms with Crippen molar-refractivity contribution in [2.45, 2.75) is 6.36 Å². The summed E-state index contributed by atoms with van der Waals surface area (Å²) < 4.78 is 40.1. The topological polar surface area (TPSA) is 75.2 Å². The molecule has 0 aliphatic carbocycles. The minimum absolute atomic E-state index is 0.00551. The van der Waals surface area contributed by atoms with Crippen LogP contribution in [0.5, 0.6) is 11.6 Å². The highest BCUT2D eigenvalue weighted by molar-refractivity contribution is 14.1. The summed E-state index contributed by atoms with van der Waals surface area (Å²) in [6.45, 7) is 0. The van der Waals surface area contributed by atoms with Gasteiger partial charge in [0.05, 0.1) is 0 Å². The number of hydrogen-bond donors (Lipinski definition) is 2. The van der Waals surface area contributed by atoms with Crippen molar-refractivity contribution in [3.05, 3.63) is 38.2 Å². The van der Waals surface area contributed by atoms with Crippen molar-refractivity contribution in [2.24, 2.45) is 0 Å². The first-order chi connectivity index (χ1) is 9.26. The molecule has 0 radical (unpaired) electrons. The van der Waals surface area contributed by atoms with E-state index < -0.39 is 23.6 Å². The van der Waals surface area contributed by atoms with Crippen LogP contribution in [-0.4, -0.2) is 21.4 Å². The third-order valence-corrected chi connectivity index (χ3v) is 3.16. The SMILES string of the molecule is O=c1[nH]c(-c2cccc(OC(F)(F)F)c2)nc(O)c1I. The molecule has 2 N–H and O–H groups in total. The van der Waals surface area contributed by atoms with Gasteiger partial charge in [-0.25, -0.2) is 0 Å². The van der Waals surface area contributed by atoms with E-state index in [2.05, 4.69) is 14.7 Å². The lowest BCUT2D eigenvalue weighted by molar-refractivity contribution is -0.274. The van der Waals surface area contributed by atoms with Crippen molar-refractivity contribution >= 4 is 22.6 Å². The summed E-state index contributed by atoms with van der Waals surface area (Å²) in [4.78, 5) is 17.5. The molecule has 2 rings (SSSR count). The van der Waals surface area contributed by atoms with E-state index in [0.717, 1.165) is 12.1 Å². The van der Waals surface area contributed by atoms with Crippen LogP contribution < -0.4 is 10.3 Å². The van der Waals surface area contributed by atoms with Gasteiger partial charge >= 0.3 is 6.36 Å². The highest BCUT2D eigenvalue weighted by atomic mass is 127. The van der Waals surface area contributed by atoms with Crippen molar-refractivity contribution in [2.75, 3.05) is 0 Å². The molecule has 0 aliphatic rings. The molecule has 0 saturated carbocycles. The van der Waals surface area contributed by atoms with Gasteiger partial charge in [-0.3, -0.25) is 4.79 Å². The molecule has 0 spiro atoms. The van der Waals surface area contributed by atoms with E-state index >= 15 is 0 Å². The molecule has 20 heavy (non-hydrogen) atoms. The number of aromatic amines is 1. The molecule has 0 amide bonds. The second-order valence-electron chi connectivity index (χ2n) is 3.63. The number of aromatic nitrogens is 2. The fourth-order valence-corrected chi connectivity index (χ4v) is 1.68. The standard InChI is InChI=1S/C11H6F3IN2O3/c12-11(13,14)20-6-3-1-2-5(4-6)8-16-9(18)7(15)10(19)17-8/h1-4H,(H2,16,17,18,19). The summed E-state index contributed by atoms with van der Waals surface area (Å²) in [5.41, 5.74) is -0.411. The molecule has 106 valence electrons. The number of halogens is 4. The van der Waals surface area contributed by atoms with Crippen molar-refractivity contribution in [3.8, 4) is 23.0 Å². The number of alkyl halides is 3. The van der Waals surface area contributed by atoms with Crippen molar-refractivity contribution in [1.29, 1.82) is 0 Å². The van der Waals surface area contributed by atoms with Crippen molar-refractivity contribution in [3.63, 3.8) is 0 Å². The van der Waals surface area contributed by atoms with Gasteiger partial charge in [-0.1, -0.05) is 12.1 Å². The van der Waals surface area contributed by atoms with E-state index in [-0.39, 0.29) is 15.0 Å². The lowest BCUT2D eigenvalue weighted by Gasteiger charge is -2.10. The third kappa shape index (κ3) is 3.40. The van der Waals surface area contributed by atoms with Gasteiger partial charge in [0.2, 0.25) is 5.88 Å². The van der Waals surface area contributed by atoms with Gasteiger partial charge in [-0.05, 0) is 34.7 Å². The minimum Gasteiger partial charge on any atom is -0.492 e. The van der Waals surface area contributed by atoms with Crippen LogP contribution in [0.4, 0.5) is 13.2 Å². The highest BCUT2D eigenvalue weighted by Crippen LogP contribution is 2.27. The molecule has 0 bridgehead atoms. The lowest BCUT2D eigenvalue weighted by Crippen LogP contribution is -2.17. The lowest BCUT2D eigenvalue weighted by atomic mass is 10.2. The maximum absolute atomic E-state index is 12.1. The van der Waals surface area contributed by atoms with Crippen LogP contribution in [0.15, 0.2) is 29.1 Å². The Hall–Kier alpha value is -1.78. The highest BCUT2D eigenvalue weighted by Gasteiger charge is 2.31. The van der Waals surface area contributed by atoms with Crippen molar-refractivity contribution in [1.82, 2.24) is 9.97 Å². The van der Waals surface area contributed by atoms with Crippen LogP contribution in [0, 0.1) is 3.57 Å². The second kappa shape index (κ2) is 5.31. The van der Waals surface area contributed by atoms with Crippen LogP contribution in [0.25, 0.3) is 11.4 Å². The van der Waals surface area contributed by atoms with Gasteiger partial charge in [0.1, 0.15) is 15.1 Å². The molecule has 0 aliphatic heterocycles. The molecule has 5 nitrogen and oxygen atoms in total. The average molecular weight is 398 g/mol. The van der Waals surface area contributed by atoms with Gasteiger partial charge in [-0.15, -0.1) is 13.2 Å². The first-order valence-electron chi connectivity index (χ1n) is 5.11. The zero-order chi connectivity index (χ0) is 14.9. The summed E-state index contributed by atoms with van der Waals surface area (Å²) in [5, 5.41) is 9.45.